The average Bonchev–Trinajstić information content (AvgIpc) is 3.07. The molecular formula is C21H25N3O2. The second kappa shape index (κ2) is 9.04. The fourth-order valence-corrected chi connectivity index (χ4v) is 2.94. The molecule has 0 bridgehead atoms. The molecule has 0 saturated carbocycles. The van der Waals surface area contributed by atoms with E-state index >= 15 is 0 Å². The van der Waals surface area contributed by atoms with E-state index in [0.717, 1.165) is 35.3 Å². The number of carbonyl (C=O) groups excluding carboxylic acids is 1. The Hall–Kier alpha value is -2.82. The van der Waals surface area contributed by atoms with Crippen molar-refractivity contribution in [1.29, 1.82) is 0 Å². The smallest absolute Gasteiger partial charge is 0.220 e. The van der Waals surface area contributed by atoms with Crippen molar-refractivity contribution in [2.24, 2.45) is 0 Å². The topological polar surface area (TPSA) is 56.2 Å². The van der Waals surface area contributed by atoms with Gasteiger partial charge in [-0.2, -0.15) is 0 Å². The molecule has 5 nitrogen and oxygen atoms in total. The first-order valence-corrected chi connectivity index (χ1v) is 9.09. The summed E-state index contributed by atoms with van der Waals surface area (Å²) in [5.41, 5.74) is 0. The zero-order chi connectivity index (χ0) is 18.2. The van der Waals surface area contributed by atoms with Crippen LogP contribution in [0.5, 0.6) is 5.75 Å². The van der Waals surface area contributed by atoms with Crippen molar-refractivity contribution in [1.82, 2.24) is 14.9 Å². The molecule has 0 radical (unpaired) electrons. The van der Waals surface area contributed by atoms with Crippen molar-refractivity contribution in [2.45, 2.75) is 32.7 Å². The van der Waals surface area contributed by atoms with E-state index in [1.165, 1.54) is 0 Å². The molecule has 0 aliphatic heterocycles. The number of amides is 1. The summed E-state index contributed by atoms with van der Waals surface area (Å²) in [5.74, 6) is 1.95. The van der Waals surface area contributed by atoms with Crippen LogP contribution in [0, 0.1) is 6.92 Å². The van der Waals surface area contributed by atoms with Crippen molar-refractivity contribution in [3.8, 4) is 5.75 Å². The largest absolute Gasteiger partial charge is 0.493 e. The van der Waals surface area contributed by atoms with Gasteiger partial charge in [0.1, 0.15) is 11.6 Å². The summed E-state index contributed by atoms with van der Waals surface area (Å²) in [7, 11) is 0. The summed E-state index contributed by atoms with van der Waals surface area (Å²) in [6.45, 7) is 4.07. The fourth-order valence-electron chi connectivity index (χ4n) is 2.94. The van der Waals surface area contributed by atoms with E-state index < -0.39 is 0 Å². The molecule has 5 heteroatoms. The van der Waals surface area contributed by atoms with E-state index in [1.807, 2.05) is 37.4 Å². The van der Waals surface area contributed by atoms with Crippen LogP contribution < -0.4 is 10.1 Å². The van der Waals surface area contributed by atoms with E-state index in [-0.39, 0.29) is 5.91 Å². The van der Waals surface area contributed by atoms with E-state index in [0.29, 0.717) is 26.0 Å². The van der Waals surface area contributed by atoms with Crippen LogP contribution in [0.25, 0.3) is 10.8 Å². The Morgan fingerprint density at radius 3 is 2.85 bits per heavy atom. The Morgan fingerprint density at radius 1 is 1.15 bits per heavy atom. The van der Waals surface area contributed by atoms with Crippen molar-refractivity contribution in [2.75, 3.05) is 13.2 Å². The van der Waals surface area contributed by atoms with Crippen molar-refractivity contribution < 1.29 is 9.53 Å². The molecule has 0 unspecified atom stereocenters. The molecule has 1 heterocycles. The van der Waals surface area contributed by atoms with Crippen LogP contribution in [0.15, 0.2) is 54.9 Å². The van der Waals surface area contributed by atoms with Gasteiger partial charge in [-0.15, -0.1) is 0 Å². The number of benzene rings is 2. The lowest BCUT2D eigenvalue weighted by atomic mass is 10.1. The first-order chi connectivity index (χ1) is 12.7. The first-order valence-electron chi connectivity index (χ1n) is 9.09. The normalized spacial score (nSPS) is 10.8. The third kappa shape index (κ3) is 4.85. The Balaban J connectivity index is 1.33. The van der Waals surface area contributed by atoms with Gasteiger partial charge in [-0.25, -0.2) is 4.98 Å². The SMILES string of the molecule is Cc1nccn1CCCNC(=O)CCCOc1cccc2ccccc12. The maximum atomic E-state index is 11.9. The van der Waals surface area contributed by atoms with Gasteiger partial charge in [0.25, 0.3) is 0 Å². The standard InChI is InChI=1S/C21H25N3O2/c1-17-22-13-15-24(17)14-6-12-23-21(25)11-5-16-26-20-10-4-8-18-7-2-3-9-19(18)20/h2-4,7-10,13,15H,5-6,11-12,14,16H2,1H3,(H,23,25). The molecule has 0 atom stereocenters. The minimum absolute atomic E-state index is 0.0777. The molecule has 0 aliphatic rings. The van der Waals surface area contributed by atoms with E-state index in [9.17, 15) is 4.79 Å². The summed E-state index contributed by atoms with van der Waals surface area (Å²) >= 11 is 0. The second-order valence-corrected chi connectivity index (χ2v) is 6.30. The van der Waals surface area contributed by atoms with Crippen LogP contribution in [-0.2, 0) is 11.3 Å². The predicted molar refractivity (Wildman–Crippen MR) is 103 cm³/mol. The number of imidazole rings is 1. The molecule has 26 heavy (non-hydrogen) atoms. The van der Waals surface area contributed by atoms with Crippen LogP contribution in [0.3, 0.4) is 0 Å². The van der Waals surface area contributed by atoms with E-state index in [1.54, 1.807) is 6.20 Å². The highest BCUT2D eigenvalue weighted by Gasteiger charge is 2.04. The number of ether oxygens (including phenoxy) is 1. The number of aromatic nitrogens is 2. The summed E-state index contributed by atoms with van der Waals surface area (Å²) in [6.07, 6.45) is 5.84. The van der Waals surface area contributed by atoms with Crippen molar-refractivity contribution in [3.05, 3.63) is 60.7 Å². The number of carbonyl (C=O) groups is 1. The van der Waals surface area contributed by atoms with Crippen LogP contribution in [0.2, 0.25) is 0 Å². The van der Waals surface area contributed by atoms with Gasteiger partial charge in [-0.3, -0.25) is 4.79 Å². The molecule has 1 amide bonds. The molecule has 0 saturated heterocycles. The van der Waals surface area contributed by atoms with E-state index in [2.05, 4.69) is 33.1 Å². The highest BCUT2D eigenvalue weighted by atomic mass is 16.5. The average molecular weight is 351 g/mol. The van der Waals surface area contributed by atoms with Gasteiger partial charge in [-0.05, 0) is 31.2 Å². The Morgan fingerprint density at radius 2 is 2.00 bits per heavy atom. The molecule has 0 fully saturated rings. The highest BCUT2D eigenvalue weighted by molar-refractivity contribution is 5.88. The Kier molecular flexibility index (Phi) is 6.25. The minimum atomic E-state index is 0.0777. The monoisotopic (exact) mass is 351 g/mol. The summed E-state index contributed by atoms with van der Waals surface area (Å²) in [4.78, 5) is 16.1. The molecule has 136 valence electrons. The van der Waals surface area contributed by atoms with Crippen LogP contribution in [0.4, 0.5) is 0 Å². The fraction of sp³-hybridized carbons (Fsp3) is 0.333. The minimum Gasteiger partial charge on any atom is -0.493 e. The summed E-state index contributed by atoms with van der Waals surface area (Å²) in [5, 5.41) is 5.23. The van der Waals surface area contributed by atoms with Crippen LogP contribution in [-0.4, -0.2) is 28.6 Å². The van der Waals surface area contributed by atoms with Gasteiger partial charge in [-0.1, -0.05) is 36.4 Å². The number of hydrogen-bond donors (Lipinski definition) is 1. The van der Waals surface area contributed by atoms with Gasteiger partial charge < -0.3 is 14.6 Å². The third-order valence-electron chi connectivity index (χ3n) is 4.38. The quantitative estimate of drug-likeness (QED) is 0.598. The zero-order valence-corrected chi connectivity index (χ0v) is 15.1. The lowest BCUT2D eigenvalue weighted by Gasteiger charge is -2.10. The predicted octanol–water partition coefficient (Wildman–Crippen LogP) is 3.71. The molecule has 2 aromatic carbocycles. The lowest BCUT2D eigenvalue weighted by molar-refractivity contribution is -0.121. The van der Waals surface area contributed by atoms with Gasteiger partial charge in [0.15, 0.2) is 0 Å². The number of aryl methyl sites for hydroxylation is 2. The molecule has 3 aromatic rings. The summed E-state index contributed by atoms with van der Waals surface area (Å²) in [6, 6.07) is 14.2. The molecule has 0 spiro atoms. The number of nitrogens with zero attached hydrogens (tertiary/aromatic N) is 2. The van der Waals surface area contributed by atoms with Gasteiger partial charge in [0.2, 0.25) is 5.91 Å². The molecule has 3 rings (SSSR count). The first kappa shape index (κ1) is 18.0. The van der Waals surface area contributed by atoms with Crippen molar-refractivity contribution >= 4 is 16.7 Å². The molecule has 1 N–H and O–H groups in total. The number of rotatable bonds is 9. The lowest BCUT2D eigenvalue weighted by Crippen LogP contribution is -2.25. The van der Waals surface area contributed by atoms with Crippen molar-refractivity contribution in [3.63, 3.8) is 0 Å². The Labute approximate surface area is 154 Å². The molecule has 1 aromatic heterocycles. The summed E-state index contributed by atoms with van der Waals surface area (Å²) < 4.78 is 7.95. The second-order valence-electron chi connectivity index (χ2n) is 6.30. The number of fused-ring (bicyclic) bond motifs is 1. The van der Waals surface area contributed by atoms with Crippen LogP contribution in [0.1, 0.15) is 25.1 Å². The van der Waals surface area contributed by atoms with Crippen LogP contribution >= 0.6 is 0 Å². The number of hydrogen-bond acceptors (Lipinski definition) is 3. The highest BCUT2D eigenvalue weighted by Crippen LogP contribution is 2.25. The molecule has 0 aliphatic carbocycles. The van der Waals surface area contributed by atoms with Gasteiger partial charge in [0.05, 0.1) is 6.61 Å². The Bertz CT molecular complexity index is 852. The zero-order valence-electron chi connectivity index (χ0n) is 15.1. The third-order valence-corrected chi connectivity index (χ3v) is 4.38. The number of nitrogens with one attached hydrogen (secondary N) is 1. The maximum Gasteiger partial charge on any atom is 0.220 e. The van der Waals surface area contributed by atoms with Gasteiger partial charge in [0, 0.05) is 37.3 Å². The maximum absolute atomic E-state index is 11.9. The van der Waals surface area contributed by atoms with Gasteiger partial charge >= 0.3 is 0 Å². The molecular weight excluding hydrogens is 326 g/mol. The van der Waals surface area contributed by atoms with E-state index in [4.69, 9.17) is 4.74 Å².